The molecule has 3 N–H and O–H groups in total. The van der Waals surface area contributed by atoms with E-state index >= 15 is 0 Å². The van der Waals surface area contributed by atoms with Gasteiger partial charge in [-0.3, -0.25) is 9.59 Å². The van der Waals surface area contributed by atoms with Gasteiger partial charge in [-0.15, -0.1) is 0 Å². The number of halogens is 3. The van der Waals surface area contributed by atoms with Crippen LogP contribution in [0.4, 0.5) is 13.2 Å². The molecule has 0 saturated carbocycles. The van der Waals surface area contributed by atoms with Gasteiger partial charge >= 0.3 is 12.1 Å². The van der Waals surface area contributed by atoms with Gasteiger partial charge in [0, 0.05) is 24.2 Å². The van der Waals surface area contributed by atoms with Gasteiger partial charge in [0.25, 0.3) is 0 Å². The minimum absolute atomic E-state index is 0.143. The van der Waals surface area contributed by atoms with Crippen molar-refractivity contribution in [2.24, 2.45) is 0 Å². The van der Waals surface area contributed by atoms with E-state index in [2.05, 4.69) is 15.6 Å². The molecule has 2 amide bonds. The summed E-state index contributed by atoms with van der Waals surface area (Å²) >= 11 is 1.46. The van der Waals surface area contributed by atoms with Crippen LogP contribution < -0.4 is 10.6 Å². The highest BCUT2D eigenvalue weighted by Gasteiger charge is 2.38. The highest BCUT2D eigenvalue weighted by atomic mass is 32.2. The van der Waals surface area contributed by atoms with Crippen molar-refractivity contribution in [3.8, 4) is 0 Å². The van der Waals surface area contributed by atoms with E-state index in [0.717, 1.165) is 6.92 Å². The summed E-state index contributed by atoms with van der Waals surface area (Å²) in [7, 11) is 1.17. The molecule has 0 spiro atoms. The number of rotatable bonds is 9. The van der Waals surface area contributed by atoms with Crippen molar-refractivity contribution in [1.82, 2.24) is 15.6 Å². The summed E-state index contributed by atoms with van der Waals surface area (Å²) in [6.07, 6.45) is -3.00. The zero-order chi connectivity index (χ0) is 23.2. The van der Waals surface area contributed by atoms with Crippen LogP contribution in [-0.4, -0.2) is 54.0 Å². The smallest absolute Gasteiger partial charge is 0.431 e. The van der Waals surface area contributed by atoms with Crippen molar-refractivity contribution in [3.05, 3.63) is 35.5 Å². The monoisotopic (exact) mass is 459 g/mol. The molecule has 2 aromatic rings. The number of carbonyl (C=O) groups excluding carboxylic acids is 3. The molecule has 1 heterocycles. The van der Waals surface area contributed by atoms with E-state index in [9.17, 15) is 27.6 Å². The van der Waals surface area contributed by atoms with Gasteiger partial charge in [0.1, 0.15) is 17.8 Å². The standard InChI is InChI=1S/C20H24F3N3O4S/c1-11(27)24-16(18(28)26-15(8-9-31-3)19(29)30-2)10-13-12-6-4-5-7-14(12)25-17(13)20(21,22)23/h4-7,15-16,25H,8-10H2,1-3H3,(H,24,27)(H,26,28)/t15-,16-/m0/s1. The van der Waals surface area contributed by atoms with E-state index in [0.29, 0.717) is 11.1 Å². The van der Waals surface area contributed by atoms with Gasteiger partial charge in [0.05, 0.1) is 7.11 Å². The van der Waals surface area contributed by atoms with Crippen LogP contribution in [0.3, 0.4) is 0 Å². The first-order valence-electron chi connectivity index (χ1n) is 9.39. The number of carbonyl (C=O) groups is 3. The molecular weight excluding hydrogens is 435 g/mol. The first-order chi connectivity index (χ1) is 14.6. The maximum absolute atomic E-state index is 13.6. The molecule has 31 heavy (non-hydrogen) atoms. The molecule has 11 heteroatoms. The van der Waals surface area contributed by atoms with Crippen molar-refractivity contribution in [2.75, 3.05) is 19.1 Å². The maximum Gasteiger partial charge on any atom is 0.431 e. The van der Waals surface area contributed by atoms with Crippen LogP contribution in [0.15, 0.2) is 24.3 Å². The molecule has 0 radical (unpaired) electrons. The molecule has 0 aliphatic carbocycles. The Labute approximate surface area is 181 Å². The molecular formula is C20H24F3N3O4S. The zero-order valence-corrected chi connectivity index (χ0v) is 18.1. The van der Waals surface area contributed by atoms with Crippen LogP contribution >= 0.6 is 11.8 Å². The minimum atomic E-state index is -4.68. The maximum atomic E-state index is 13.6. The molecule has 0 bridgehead atoms. The Morgan fingerprint density at radius 3 is 2.42 bits per heavy atom. The SMILES string of the molecule is COC(=O)[C@H](CCSC)NC(=O)[C@H](Cc1c(C(F)(F)F)[nH]c2ccccc12)NC(C)=O. The molecule has 2 atom stereocenters. The van der Waals surface area contributed by atoms with Crippen LogP contribution in [0.25, 0.3) is 10.9 Å². The van der Waals surface area contributed by atoms with Crippen LogP contribution in [-0.2, 0) is 31.7 Å². The van der Waals surface area contributed by atoms with Gasteiger partial charge in [0.15, 0.2) is 0 Å². The molecule has 0 fully saturated rings. The Morgan fingerprint density at radius 2 is 1.84 bits per heavy atom. The van der Waals surface area contributed by atoms with E-state index < -0.39 is 48.2 Å². The fourth-order valence-electron chi connectivity index (χ4n) is 3.21. The van der Waals surface area contributed by atoms with Crippen molar-refractivity contribution in [1.29, 1.82) is 0 Å². The van der Waals surface area contributed by atoms with Gasteiger partial charge in [-0.1, -0.05) is 18.2 Å². The zero-order valence-electron chi connectivity index (χ0n) is 17.3. The Hall–Kier alpha value is -2.69. The Kier molecular flexibility index (Phi) is 8.37. The van der Waals surface area contributed by atoms with Crippen LogP contribution in [0.2, 0.25) is 0 Å². The fourth-order valence-corrected chi connectivity index (χ4v) is 3.68. The van der Waals surface area contributed by atoms with Crippen LogP contribution in [0.5, 0.6) is 0 Å². The molecule has 0 aliphatic rings. The largest absolute Gasteiger partial charge is 0.467 e. The summed E-state index contributed by atoms with van der Waals surface area (Å²) in [5.41, 5.74) is -0.862. The van der Waals surface area contributed by atoms with E-state index in [1.165, 1.54) is 31.0 Å². The summed E-state index contributed by atoms with van der Waals surface area (Å²) < 4.78 is 45.6. The summed E-state index contributed by atoms with van der Waals surface area (Å²) in [4.78, 5) is 38.9. The quantitative estimate of drug-likeness (QED) is 0.501. The number of hydrogen-bond donors (Lipinski definition) is 3. The first-order valence-corrected chi connectivity index (χ1v) is 10.8. The number of para-hydroxylation sites is 1. The number of fused-ring (bicyclic) bond motifs is 1. The van der Waals surface area contributed by atoms with E-state index in [1.807, 2.05) is 6.26 Å². The molecule has 1 aromatic carbocycles. The van der Waals surface area contributed by atoms with Gasteiger partial charge in [-0.05, 0) is 30.1 Å². The lowest BCUT2D eigenvalue weighted by Gasteiger charge is -2.22. The van der Waals surface area contributed by atoms with Gasteiger partial charge in [0.2, 0.25) is 11.8 Å². The predicted molar refractivity (Wildman–Crippen MR) is 112 cm³/mol. The number of esters is 1. The number of aromatic nitrogens is 1. The van der Waals surface area contributed by atoms with Gasteiger partial charge < -0.3 is 20.4 Å². The van der Waals surface area contributed by atoms with Crippen molar-refractivity contribution in [2.45, 2.75) is 38.0 Å². The van der Waals surface area contributed by atoms with Crippen molar-refractivity contribution in [3.63, 3.8) is 0 Å². The molecule has 0 saturated heterocycles. The second-order valence-electron chi connectivity index (χ2n) is 6.84. The molecule has 170 valence electrons. The van der Waals surface area contributed by atoms with Crippen molar-refractivity contribution < 1.29 is 32.3 Å². The Bertz CT molecular complexity index is 945. The molecule has 0 aliphatic heterocycles. The number of hydrogen-bond acceptors (Lipinski definition) is 5. The summed E-state index contributed by atoms with van der Waals surface area (Å²) in [6.45, 7) is 1.16. The Morgan fingerprint density at radius 1 is 1.16 bits per heavy atom. The first kappa shape index (κ1) is 24.6. The normalized spacial score (nSPS) is 13.5. The topological polar surface area (TPSA) is 100 Å². The summed E-state index contributed by atoms with van der Waals surface area (Å²) in [6, 6.07) is 3.88. The van der Waals surface area contributed by atoms with Crippen LogP contribution in [0, 0.1) is 0 Å². The molecule has 0 unspecified atom stereocenters. The third-order valence-corrected chi connectivity index (χ3v) is 5.26. The summed E-state index contributed by atoms with van der Waals surface area (Å²) in [5.74, 6) is -1.49. The fraction of sp³-hybridized carbons (Fsp3) is 0.450. The number of aromatic amines is 1. The number of nitrogens with one attached hydrogen (secondary N) is 3. The molecule has 2 rings (SSSR count). The highest BCUT2D eigenvalue weighted by molar-refractivity contribution is 7.98. The minimum Gasteiger partial charge on any atom is -0.467 e. The lowest BCUT2D eigenvalue weighted by molar-refractivity contribution is -0.145. The lowest BCUT2D eigenvalue weighted by atomic mass is 10.0. The second-order valence-corrected chi connectivity index (χ2v) is 7.83. The van der Waals surface area contributed by atoms with E-state index in [4.69, 9.17) is 4.74 Å². The van der Waals surface area contributed by atoms with Crippen LogP contribution in [0.1, 0.15) is 24.6 Å². The van der Waals surface area contributed by atoms with Gasteiger partial charge in [-0.25, -0.2) is 4.79 Å². The number of ether oxygens (including phenoxy) is 1. The summed E-state index contributed by atoms with van der Waals surface area (Å²) in [5, 5.41) is 5.18. The molecule has 7 nitrogen and oxygen atoms in total. The predicted octanol–water partition coefficient (Wildman–Crippen LogP) is 2.64. The third-order valence-electron chi connectivity index (χ3n) is 4.61. The number of H-pyrrole nitrogens is 1. The van der Waals surface area contributed by atoms with Gasteiger partial charge in [-0.2, -0.15) is 24.9 Å². The average Bonchev–Trinajstić information content (AvgIpc) is 3.08. The highest BCUT2D eigenvalue weighted by Crippen LogP contribution is 2.36. The van der Waals surface area contributed by atoms with E-state index in [1.54, 1.807) is 12.1 Å². The number of alkyl halides is 3. The lowest BCUT2D eigenvalue weighted by Crippen LogP contribution is -2.52. The van der Waals surface area contributed by atoms with Crippen molar-refractivity contribution >= 4 is 40.4 Å². The molecule has 1 aromatic heterocycles. The number of methoxy groups -OCH3 is 1. The number of amides is 2. The number of benzene rings is 1. The third kappa shape index (κ3) is 6.39. The van der Waals surface area contributed by atoms with E-state index in [-0.39, 0.29) is 17.5 Å². The second kappa shape index (κ2) is 10.6. The average molecular weight is 459 g/mol. The number of thioether (sulfide) groups is 1. The Balaban J connectivity index is 2.38.